The number of nitrogens with two attached hydrogens (primary N) is 1. The first-order valence-electron chi connectivity index (χ1n) is 6.78. The van der Waals surface area contributed by atoms with E-state index in [1.807, 2.05) is 0 Å². The van der Waals surface area contributed by atoms with Crippen LogP contribution in [0.5, 0.6) is 0 Å². The number of anilines is 1. The molecular weight excluding hydrogens is 230 g/mol. The van der Waals surface area contributed by atoms with Gasteiger partial charge in [-0.2, -0.15) is 0 Å². The quantitative estimate of drug-likeness (QED) is 0.727. The second-order valence-corrected chi connectivity index (χ2v) is 5.59. The Labute approximate surface area is 116 Å². The van der Waals surface area contributed by atoms with Gasteiger partial charge in [0.1, 0.15) is 0 Å². The van der Waals surface area contributed by atoms with Gasteiger partial charge in [0.15, 0.2) is 0 Å². The monoisotopic (exact) mass is 253 g/mol. The van der Waals surface area contributed by atoms with E-state index in [1.54, 1.807) is 0 Å². The molecule has 0 aliphatic rings. The molecule has 0 spiro atoms. The fourth-order valence-corrected chi connectivity index (χ4v) is 2.61. The van der Waals surface area contributed by atoms with Crippen molar-refractivity contribution in [1.82, 2.24) is 0 Å². The van der Waals surface area contributed by atoms with Crippen LogP contribution in [0.2, 0.25) is 0 Å². The van der Waals surface area contributed by atoms with Gasteiger partial charge in [0.25, 0.3) is 0 Å². The van der Waals surface area contributed by atoms with Crippen LogP contribution >= 0.6 is 0 Å². The normalized spacial score (nSPS) is 10.8. The molecule has 0 amide bonds. The number of benzene rings is 2. The molecule has 2 aromatic carbocycles. The van der Waals surface area contributed by atoms with Crippen molar-refractivity contribution >= 4 is 5.69 Å². The lowest BCUT2D eigenvalue weighted by molar-refractivity contribution is 1.22. The van der Waals surface area contributed by atoms with Crippen molar-refractivity contribution in [3.05, 3.63) is 51.6 Å². The van der Waals surface area contributed by atoms with E-state index in [4.69, 9.17) is 5.73 Å². The van der Waals surface area contributed by atoms with Gasteiger partial charge in [-0.05, 0) is 80.5 Å². The molecule has 100 valence electrons. The van der Waals surface area contributed by atoms with Gasteiger partial charge >= 0.3 is 0 Å². The second-order valence-electron chi connectivity index (χ2n) is 5.59. The summed E-state index contributed by atoms with van der Waals surface area (Å²) in [6.45, 7) is 12.9. The fourth-order valence-electron chi connectivity index (χ4n) is 2.61. The summed E-state index contributed by atoms with van der Waals surface area (Å²) in [6.07, 6.45) is 0. The van der Waals surface area contributed by atoms with Crippen molar-refractivity contribution in [2.45, 2.75) is 41.5 Å². The molecule has 0 bridgehead atoms. The molecule has 0 saturated carbocycles. The van der Waals surface area contributed by atoms with Gasteiger partial charge in [0.2, 0.25) is 0 Å². The summed E-state index contributed by atoms with van der Waals surface area (Å²) in [5, 5.41) is 0. The highest BCUT2D eigenvalue weighted by atomic mass is 14.6. The van der Waals surface area contributed by atoms with E-state index in [-0.39, 0.29) is 0 Å². The van der Waals surface area contributed by atoms with E-state index in [9.17, 15) is 0 Å². The summed E-state index contributed by atoms with van der Waals surface area (Å²) in [4.78, 5) is 0. The van der Waals surface area contributed by atoms with E-state index in [0.717, 1.165) is 5.69 Å². The Morgan fingerprint density at radius 3 is 1.84 bits per heavy atom. The first-order chi connectivity index (χ1) is 8.84. The van der Waals surface area contributed by atoms with Gasteiger partial charge < -0.3 is 5.73 Å². The molecule has 0 aliphatic carbocycles. The zero-order valence-corrected chi connectivity index (χ0v) is 12.8. The minimum atomic E-state index is 0.920. The summed E-state index contributed by atoms with van der Waals surface area (Å²) in [5.74, 6) is 0. The average Bonchev–Trinajstić information content (AvgIpc) is 2.38. The summed E-state index contributed by atoms with van der Waals surface area (Å²) >= 11 is 0. The van der Waals surface area contributed by atoms with Crippen LogP contribution in [0, 0.1) is 41.5 Å². The maximum absolute atomic E-state index is 6.37. The van der Waals surface area contributed by atoms with Crippen LogP contribution < -0.4 is 5.73 Å². The van der Waals surface area contributed by atoms with E-state index >= 15 is 0 Å². The molecule has 2 aromatic rings. The predicted molar refractivity (Wildman–Crippen MR) is 84.7 cm³/mol. The molecule has 0 heterocycles. The highest BCUT2D eigenvalue weighted by Gasteiger charge is 2.14. The Kier molecular flexibility index (Phi) is 3.40. The van der Waals surface area contributed by atoms with Gasteiger partial charge in [0, 0.05) is 11.3 Å². The Bertz CT molecular complexity index is 622. The summed E-state index contributed by atoms with van der Waals surface area (Å²) in [7, 11) is 0. The summed E-state index contributed by atoms with van der Waals surface area (Å²) in [6, 6.07) is 6.59. The Hall–Kier alpha value is -1.76. The van der Waals surface area contributed by atoms with Crippen molar-refractivity contribution in [3.8, 4) is 11.1 Å². The van der Waals surface area contributed by atoms with E-state index in [2.05, 4.69) is 59.7 Å². The van der Waals surface area contributed by atoms with Crippen molar-refractivity contribution in [3.63, 3.8) is 0 Å². The summed E-state index contributed by atoms with van der Waals surface area (Å²) in [5.41, 5.74) is 17.5. The highest BCUT2D eigenvalue weighted by Crippen LogP contribution is 2.36. The third-order valence-electron chi connectivity index (χ3n) is 4.53. The number of aryl methyl sites for hydroxylation is 2. The zero-order valence-electron chi connectivity index (χ0n) is 12.8. The van der Waals surface area contributed by atoms with Crippen molar-refractivity contribution in [2.24, 2.45) is 0 Å². The largest absolute Gasteiger partial charge is 0.398 e. The average molecular weight is 253 g/mol. The highest BCUT2D eigenvalue weighted by molar-refractivity contribution is 5.84. The Morgan fingerprint density at radius 1 is 0.684 bits per heavy atom. The third kappa shape index (κ3) is 2.14. The molecule has 1 nitrogen and oxygen atoms in total. The van der Waals surface area contributed by atoms with Crippen LogP contribution in [0.4, 0.5) is 5.69 Å². The number of hydrogen-bond donors (Lipinski definition) is 1. The van der Waals surface area contributed by atoms with Crippen LogP contribution in [0.15, 0.2) is 18.2 Å². The van der Waals surface area contributed by atoms with Crippen LogP contribution in [-0.2, 0) is 0 Å². The lowest BCUT2D eigenvalue weighted by Crippen LogP contribution is -2.02. The van der Waals surface area contributed by atoms with E-state index < -0.39 is 0 Å². The topological polar surface area (TPSA) is 26.0 Å². The predicted octanol–water partition coefficient (Wildman–Crippen LogP) is 4.79. The van der Waals surface area contributed by atoms with Gasteiger partial charge in [-0.3, -0.25) is 0 Å². The minimum Gasteiger partial charge on any atom is -0.398 e. The first-order valence-corrected chi connectivity index (χ1v) is 6.78. The molecule has 0 saturated heterocycles. The summed E-state index contributed by atoms with van der Waals surface area (Å²) < 4.78 is 0. The van der Waals surface area contributed by atoms with Crippen molar-refractivity contribution in [1.29, 1.82) is 0 Å². The molecule has 2 rings (SSSR count). The lowest BCUT2D eigenvalue weighted by atomic mass is 9.88. The second kappa shape index (κ2) is 4.73. The third-order valence-corrected chi connectivity index (χ3v) is 4.53. The molecule has 1 heteroatoms. The molecule has 0 aromatic heterocycles. The van der Waals surface area contributed by atoms with Crippen LogP contribution in [0.3, 0.4) is 0 Å². The smallest absolute Gasteiger partial charge is 0.0428 e. The lowest BCUT2D eigenvalue weighted by Gasteiger charge is -2.19. The number of nitrogen functional groups attached to an aromatic ring is 1. The number of hydrogen-bond acceptors (Lipinski definition) is 1. The SMILES string of the molecule is Cc1ccc(-c2c(C)c(C)c(C)c(C)c2N)cc1C. The molecule has 0 radical (unpaired) electrons. The minimum absolute atomic E-state index is 0.920. The number of rotatable bonds is 1. The van der Waals surface area contributed by atoms with Crippen LogP contribution in [0.1, 0.15) is 33.4 Å². The molecule has 0 fully saturated rings. The van der Waals surface area contributed by atoms with E-state index in [0.29, 0.717) is 0 Å². The molecule has 2 N–H and O–H groups in total. The first kappa shape index (κ1) is 13.7. The molecular formula is C18H23N. The Balaban J connectivity index is 2.79. The van der Waals surface area contributed by atoms with Crippen molar-refractivity contribution in [2.75, 3.05) is 5.73 Å². The molecule has 0 aliphatic heterocycles. The standard InChI is InChI=1S/C18H23N/c1-10-7-8-16(9-11(10)2)17-14(5)12(3)13(4)15(6)18(17)19/h7-9H,19H2,1-6H3. The zero-order chi connectivity index (χ0) is 14.3. The van der Waals surface area contributed by atoms with Crippen LogP contribution in [0.25, 0.3) is 11.1 Å². The van der Waals surface area contributed by atoms with Crippen molar-refractivity contribution < 1.29 is 0 Å². The van der Waals surface area contributed by atoms with Gasteiger partial charge in [-0.1, -0.05) is 18.2 Å². The maximum atomic E-state index is 6.37. The molecule has 0 atom stereocenters. The molecule has 19 heavy (non-hydrogen) atoms. The maximum Gasteiger partial charge on any atom is 0.0428 e. The van der Waals surface area contributed by atoms with Crippen LogP contribution in [-0.4, -0.2) is 0 Å². The van der Waals surface area contributed by atoms with Gasteiger partial charge in [0.05, 0.1) is 0 Å². The fraction of sp³-hybridized carbons (Fsp3) is 0.333. The molecule has 0 unspecified atom stereocenters. The van der Waals surface area contributed by atoms with Gasteiger partial charge in [-0.25, -0.2) is 0 Å². The van der Waals surface area contributed by atoms with E-state index in [1.165, 1.54) is 44.5 Å². The van der Waals surface area contributed by atoms with Gasteiger partial charge in [-0.15, -0.1) is 0 Å². The Morgan fingerprint density at radius 2 is 1.26 bits per heavy atom.